The highest BCUT2D eigenvalue weighted by atomic mass is 79.9. The van der Waals surface area contributed by atoms with Gasteiger partial charge in [-0.15, -0.1) is 0 Å². The molecule has 136 valence electrons. The van der Waals surface area contributed by atoms with E-state index in [0.29, 0.717) is 11.4 Å². The van der Waals surface area contributed by atoms with Crippen molar-refractivity contribution < 1.29 is 19.4 Å². The van der Waals surface area contributed by atoms with Crippen molar-refractivity contribution in [1.29, 1.82) is 0 Å². The van der Waals surface area contributed by atoms with Crippen molar-refractivity contribution in [3.63, 3.8) is 0 Å². The van der Waals surface area contributed by atoms with Crippen molar-refractivity contribution in [3.8, 4) is 5.75 Å². The lowest BCUT2D eigenvalue weighted by molar-refractivity contribution is -0.128. The summed E-state index contributed by atoms with van der Waals surface area (Å²) in [4.78, 5) is 27.6. The molecular weight excluding hydrogens is 400 g/mol. The first kappa shape index (κ1) is 18.4. The fourth-order valence-corrected chi connectivity index (χ4v) is 3.07. The van der Waals surface area contributed by atoms with Crippen LogP contribution in [0.2, 0.25) is 0 Å². The van der Waals surface area contributed by atoms with Gasteiger partial charge in [-0.3, -0.25) is 14.6 Å². The predicted molar refractivity (Wildman–Crippen MR) is 101 cm³/mol. The first-order chi connectivity index (χ1) is 12.5. The fraction of sp³-hybridized carbons (Fsp3) is 0.263. The summed E-state index contributed by atoms with van der Waals surface area (Å²) in [6.45, 7) is 1.55. The molecule has 7 heteroatoms. The van der Waals surface area contributed by atoms with Crippen molar-refractivity contribution in [1.82, 2.24) is 4.90 Å². The van der Waals surface area contributed by atoms with Crippen LogP contribution in [0, 0.1) is 0 Å². The highest BCUT2D eigenvalue weighted by Crippen LogP contribution is 2.25. The Morgan fingerprint density at radius 3 is 2.42 bits per heavy atom. The molecular formula is C19H19BrN2O4. The normalized spacial score (nSPS) is 18.3. The SMILES string of the molecule is CC1C(=O)N(CC(O)COc2ccc(Br)cc2)C(=O)N1c1ccccc1. The molecule has 1 fully saturated rings. The van der Waals surface area contributed by atoms with Gasteiger partial charge in [0.15, 0.2) is 0 Å². The molecule has 1 aliphatic rings. The van der Waals surface area contributed by atoms with Gasteiger partial charge in [0.1, 0.15) is 24.5 Å². The van der Waals surface area contributed by atoms with E-state index in [1.54, 1.807) is 31.2 Å². The van der Waals surface area contributed by atoms with E-state index in [9.17, 15) is 14.7 Å². The topological polar surface area (TPSA) is 70.1 Å². The van der Waals surface area contributed by atoms with Crippen LogP contribution in [0.3, 0.4) is 0 Å². The highest BCUT2D eigenvalue weighted by Gasteiger charge is 2.43. The first-order valence-corrected chi connectivity index (χ1v) is 9.02. The Hall–Kier alpha value is -2.38. The molecule has 1 heterocycles. The number of aliphatic hydroxyl groups excluding tert-OH is 1. The average Bonchev–Trinajstić information content (AvgIpc) is 2.85. The predicted octanol–water partition coefficient (Wildman–Crippen LogP) is 3.05. The third kappa shape index (κ3) is 3.89. The third-order valence-electron chi connectivity index (χ3n) is 4.13. The molecule has 1 N–H and O–H groups in total. The maximum atomic E-state index is 12.6. The van der Waals surface area contributed by atoms with E-state index in [0.717, 1.165) is 9.37 Å². The molecule has 2 aromatic carbocycles. The molecule has 1 aliphatic heterocycles. The molecule has 2 aromatic rings. The van der Waals surface area contributed by atoms with E-state index < -0.39 is 18.2 Å². The van der Waals surface area contributed by atoms with E-state index in [2.05, 4.69) is 15.9 Å². The number of hydrogen-bond donors (Lipinski definition) is 1. The molecule has 0 saturated carbocycles. The van der Waals surface area contributed by atoms with Gasteiger partial charge >= 0.3 is 6.03 Å². The van der Waals surface area contributed by atoms with Gasteiger partial charge in [-0.05, 0) is 43.3 Å². The second-order valence-electron chi connectivity index (χ2n) is 6.03. The molecule has 0 bridgehead atoms. The van der Waals surface area contributed by atoms with Crippen LogP contribution < -0.4 is 9.64 Å². The monoisotopic (exact) mass is 418 g/mol. The summed E-state index contributed by atoms with van der Waals surface area (Å²) < 4.78 is 6.43. The van der Waals surface area contributed by atoms with Gasteiger partial charge in [0, 0.05) is 10.2 Å². The summed E-state index contributed by atoms with van der Waals surface area (Å²) >= 11 is 3.34. The maximum absolute atomic E-state index is 12.6. The van der Waals surface area contributed by atoms with Gasteiger partial charge < -0.3 is 9.84 Å². The Labute approximate surface area is 160 Å². The summed E-state index contributed by atoms with van der Waals surface area (Å²) in [5, 5.41) is 10.2. The standard InChI is InChI=1S/C19H19BrN2O4/c1-13-18(24)21(19(25)22(13)15-5-3-2-4-6-15)11-16(23)12-26-17-9-7-14(20)8-10-17/h2-10,13,16,23H,11-12H2,1H3. The molecule has 0 spiro atoms. The molecule has 2 atom stereocenters. The largest absolute Gasteiger partial charge is 0.491 e. The Morgan fingerprint density at radius 2 is 1.77 bits per heavy atom. The average molecular weight is 419 g/mol. The van der Waals surface area contributed by atoms with Crippen molar-refractivity contribution in [2.24, 2.45) is 0 Å². The number of hydrogen-bond acceptors (Lipinski definition) is 4. The molecule has 0 radical (unpaired) electrons. The van der Waals surface area contributed by atoms with Gasteiger partial charge in [0.05, 0.1) is 6.54 Å². The number of carbonyl (C=O) groups excluding carboxylic acids is 2. The molecule has 2 unspecified atom stereocenters. The van der Waals surface area contributed by atoms with Crippen molar-refractivity contribution in [2.45, 2.75) is 19.1 Å². The number of carbonyl (C=O) groups is 2. The zero-order chi connectivity index (χ0) is 18.7. The second-order valence-corrected chi connectivity index (χ2v) is 6.95. The molecule has 0 aliphatic carbocycles. The number of para-hydroxylation sites is 1. The number of benzene rings is 2. The Kier molecular flexibility index (Phi) is 5.58. The van der Waals surface area contributed by atoms with Crippen LogP contribution >= 0.6 is 15.9 Å². The van der Waals surface area contributed by atoms with Crippen LogP contribution in [0.5, 0.6) is 5.75 Å². The van der Waals surface area contributed by atoms with Gasteiger partial charge in [-0.25, -0.2) is 4.79 Å². The smallest absolute Gasteiger partial charge is 0.332 e. The maximum Gasteiger partial charge on any atom is 0.332 e. The minimum absolute atomic E-state index is 0.0155. The van der Waals surface area contributed by atoms with Crippen molar-refractivity contribution in [3.05, 3.63) is 59.1 Å². The van der Waals surface area contributed by atoms with Crippen molar-refractivity contribution >= 4 is 33.6 Å². The van der Waals surface area contributed by atoms with Gasteiger partial charge in [0.25, 0.3) is 5.91 Å². The van der Waals surface area contributed by atoms with Crippen LogP contribution in [0.25, 0.3) is 0 Å². The lowest BCUT2D eigenvalue weighted by atomic mass is 10.2. The van der Waals surface area contributed by atoms with E-state index in [-0.39, 0.29) is 19.1 Å². The number of anilines is 1. The Morgan fingerprint density at radius 1 is 1.12 bits per heavy atom. The van der Waals surface area contributed by atoms with Crippen LogP contribution in [0.15, 0.2) is 59.1 Å². The highest BCUT2D eigenvalue weighted by molar-refractivity contribution is 9.10. The quantitative estimate of drug-likeness (QED) is 0.731. The molecule has 26 heavy (non-hydrogen) atoms. The lowest BCUT2D eigenvalue weighted by Crippen LogP contribution is -2.40. The van der Waals surface area contributed by atoms with Gasteiger partial charge in [0.2, 0.25) is 0 Å². The lowest BCUT2D eigenvalue weighted by Gasteiger charge is -2.20. The number of aliphatic hydroxyl groups is 1. The van der Waals surface area contributed by atoms with E-state index in [4.69, 9.17) is 4.74 Å². The molecule has 1 saturated heterocycles. The number of urea groups is 1. The number of imide groups is 1. The molecule has 6 nitrogen and oxygen atoms in total. The van der Waals surface area contributed by atoms with E-state index >= 15 is 0 Å². The summed E-state index contributed by atoms with van der Waals surface area (Å²) in [6.07, 6.45) is -0.977. The number of halogens is 1. The third-order valence-corrected chi connectivity index (χ3v) is 4.66. The summed E-state index contributed by atoms with van der Waals surface area (Å²) in [6, 6.07) is 15.2. The number of amides is 3. The Bertz CT molecular complexity index is 782. The van der Waals surface area contributed by atoms with Crippen LogP contribution in [-0.2, 0) is 4.79 Å². The zero-order valence-corrected chi connectivity index (χ0v) is 15.8. The van der Waals surface area contributed by atoms with Gasteiger partial charge in [-0.1, -0.05) is 34.1 Å². The number of nitrogens with zero attached hydrogens (tertiary/aromatic N) is 2. The fourth-order valence-electron chi connectivity index (χ4n) is 2.80. The summed E-state index contributed by atoms with van der Waals surface area (Å²) in [5.74, 6) is 0.271. The van der Waals surface area contributed by atoms with Crippen molar-refractivity contribution in [2.75, 3.05) is 18.1 Å². The number of rotatable bonds is 6. The van der Waals surface area contributed by atoms with Crippen LogP contribution in [0.1, 0.15) is 6.92 Å². The van der Waals surface area contributed by atoms with E-state index in [1.807, 2.05) is 30.3 Å². The minimum Gasteiger partial charge on any atom is -0.491 e. The molecule has 3 amide bonds. The van der Waals surface area contributed by atoms with E-state index in [1.165, 1.54) is 4.90 Å². The summed E-state index contributed by atoms with van der Waals surface area (Å²) in [7, 11) is 0. The van der Waals surface area contributed by atoms with Gasteiger partial charge in [-0.2, -0.15) is 0 Å². The summed E-state index contributed by atoms with van der Waals surface area (Å²) in [5.41, 5.74) is 0.654. The first-order valence-electron chi connectivity index (χ1n) is 8.23. The number of β-amino-alcohol motifs (C(OH)–C–C–N with tert-alkyl or cyclic N) is 1. The number of ether oxygens (including phenoxy) is 1. The van der Waals surface area contributed by atoms with Crippen LogP contribution in [-0.4, -0.2) is 47.2 Å². The molecule has 0 aromatic heterocycles. The Balaban J connectivity index is 1.62. The second kappa shape index (κ2) is 7.88. The minimum atomic E-state index is -0.977. The molecule has 3 rings (SSSR count). The zero-order valence-electron chi connectivity index (χ0n) is 14.2. The van der Waals surface area contributed by atoms with Crippen LogP contribution in [0.4, 0.5) is 10.5 Å².